The molecule has 1 aromatic rings. The van der Waals surface area contributed by atoms with Crippen LogP contribution in [-0.4, -0.2) is 5.78 Å². The minimum absolute atomic E-state index is 0.299. The molecule has 0 saturated heterocycles. The first-order chi connectivity index (χ1) is 8.77. The van der Waals surface area contributed by atoms with Gasteiger partial charge in [-0.25, -0.2) is 0 Å². The summed E-state index contributed by atoms with van der Waals surface area (Å²) >= 11 is 0. The predicted octanol–water partition coefficient (Wildman–Crippen LogP) is 5.18. The molecule has 0 N–H and O–H groups in total. The quantitative estimate of drug-likeness (QED) is 0.433. The van der Waals surface area contributed by atoms with Gasteiger partial charge in [0.05, 0.1) is 0 Å². The van der Waals surface area contributed by atoms with Crippen LogP contribution in [0.5, 0.6) is 0 Å². The van der Waals surface area contributed by atoms with Gasteiger partial charge in [0.2, 0.25) is 0 Å². The van der Waals surface area contributed by atoms with Crippen molar-refractivity contribution in [1.29, 1.82) is 0 Å². The van der Waals surface area contributed by atoms with Crippen molar-refractivity contribution < 1.29 is 4.79 Å². The van der Waals surface area contributed by atoms with Crippen LogP contribution in [0.25, 0.3) is 0 Å². The molecular formula is C17H26O. The molecule has 0 fully saturated rings. The smallest absolute Gasteiger partial charge is 0.162 e. The van der Waals surface area contributed by atoms with Gasteiger partial charge in [0.25, 0.3) is 0 Å². The number of aryl methyl sites for hydroxylation is 1. The minimum atomic E-state index is 0.299. The van der Waals surface area contributed by atoms with Crippen molar-refractivity contribution in [2.45, 2.75) is 65.2 Å². The lowest BCUT2D eigenvalue weighted by molar-refractivity contribution is 0.0979. The van der Waals surface area contributed by atoms with Gasteiger partial charge in [0.1, 0.15) is 0 Å². The van der Waals surface area contributed by atoms with Gasteiger partial charge in [-0.3, -0.25) is 4.79 Å². The van der Waals surface area contributed by atoms with Crippen LogP contribution in [0.1, 0.15) is 74.7 Å². The second kappa shape index (κ2) is 8.91. The van der Waals surface area contributed by atoms with E-state index in [9.17, 15) is 4.79 Å². The first-order valence-electron chi connectivity index (χ1n) is 7.40. The molecule has 0 heterocycles. The molecule has 1 rings (SSSR count). The van der Waals surface area contributed by atoms with Crippen LogP contribution < -0.4 is 0 Å². The van der Waals surface area contributed by atoms with Crippen molar-refractivity contribution in [3.05, 3.63) is 35.4 Å². The van der Waals surface area contributed by atoms with Crippen LogP contribution in [0.4, 0.5) is 0 Å². The molecule has 1 nitrogen and oxygen atoms in total. The Kier molecular flexibility index (Phi) is 7.40. The first-order valence-corrected chi connectivity index (χ1v) is 7.40. The lowest BCUT2D eigenvalue weighted by atomic mass is 10.0. The fourth-order valence-electron chi connectivity index (χ4n) is 2.09. The molecule has 0 aliphatic rings. The third-order valence-electron chi connectivity index (χ3n) is 3.35. The maximum Gasteiger partial charge on any atom is 0.162 e. The molecule has 0 unspecified atom stereocenters. The van der Waals surface area contributed by atoms with Crippen molar-refractivity contribution in [3.63, 3.8) is 0 Å². The van der Waals surface area contributed by atoms with E-state index in [1.54, 1.807) is 0 Å². The summed E-state index contributed by atoms with van der Waals surface area (Å²) in [5.74, 6) is 0.299. The average molecular weight is 246 g/mol. The summed E-state index contributed by atoms with van der Waals surface area (Å²) in [5.41, 5.74) is 2.23. The summed E-state index contributed by atoms with van der Waals surface area (Å²) < 4.78 is 0. The summed E-state index contributed by atoms with van der Waals surface area (Å²) in [6, 6.07) is 8.20. The fourth-order valence-corrected chi connectivity index (χ4v) is 2.09. The van der Waals surface area contributed by atoms with Crippen molar-refractivity contribution in [2.75, 3.05) is 0 Å². The van der Waals surface area contributed by atoms with E-state index < -0.39 is 0 Å². The zero-order valence-electron chi connectivity index (χ0n) is 11.9. The Bertz CT molecular complexity index is 337. The Hall–Kier alpha value is -1.11. The van der Waals surface area contributed by atoms with Crippen LogP contribution in [0, 0.1) is 0 Å². The molecule has 0 amide bonds. The van der Waals surface area contributed by atoms with E-state index in [-0.39, 0.29) is 0 Å². The zero-order valence-corrected chi connectivity index (χ0v) is 11.9. The number of ketones is 1. The maximum atomic E-state index is 11.9. The molecule has 1 aromatic carbocycles. The van der Waals surface area contributed by atoms with Gasteiger partial charge < -0.3 is 0 Å². The van der Waals surface area contributed by atoms with Crippen LogP contribution in [0.2, 0.25) is 0 Å². The Morgan fingerprint density at radius 1 is 0.889 bits per heavy atom. The number of benzene rings is 1. The Morgan fingerprint density at radius 3 is 2.17 bits per heavy atom. The summed E-state index contributed by atoms with van der Waals surface area (Å²) in [5, 5.41) is 0. The molecular weight excluding hydrogens is 220 g/mol. The second-order valence-electron chi connectivity index (χ2n) is 5.03. The van der Waals surface area contributed by atoms with Gasteiger partial charge in [-0.15, -0.1) is 0 Å². The SMILES string of the molecule is CCCCCCC(=O)c1ccc(CCCC)cc1. The summed E-state index contributed by atoms with van der Waals surface area (Å²) in [7, 11) is 0. The highest BCUT2D eigenvalue weighted by Crippen LogP contribution is 2.12. The first kappa shape index (κ1) is 14.9. The monoisotopic (exact) mass is 246 g/mol. The third kappa shape index (κ3) is 5.48. The summed E-state index contributed by atoms with van der Waals surface area (Å²) in [6.45, 7) is 4.39. The molecule has 0 aliphatic carbocycles. The molecule has 0 atom stereocenters. The van der Waals surface area contributed by atoms with Crippen molar-refractivity contribution in [3.8, 4) is 0 Å². The summed E-state index contributed by atoms with van der Waals surface area (Å²) in [4.78, 5) is 11.9. The highest BCUT2D eigenvalue weighted by Gasteiger charge is 2.05. The van der Waals surface area contributed by atoms with Gasteiger partial charge in [-0.2, -0.15) is 0 Å². The van der Waals surface area contributed by atoms with E-state index in [1.165, 1.54) is 37.7 Å². The molecule has 18 heavy (non-hydrogen) atoms. The van der Waals surface area contributed by atoms with Crippen LogP contribution in [-0.2, 0) is 6.42 Å². The van der Waals surface area contributed by atoms with Crippen molar-refractivity contribution in [1.82, 2.24) is 0 Å². The van der Waals surface area contributed by atoms with Crippen LogP contribution in [0.15, 0.2) is 24.3 Å². The molecule has 0 bridgehead atoms. The van der Waals surface area contributed by atoms with E-state index in [1.807, 2.05) is 12.1 Å². The third-order valence-corrected chi connectivity index (χ3v) is 3.35. The Labute approximate surface area is 112 Å². The molecule has 0 aliphatic heterocycles. The largest absolute Gasteiger partial charge is 0.294 e. The van der Waals surface area contributed by atoms with Crippen molar-refractivity contribution in [2.24, 2.45) is 0 Å². The average Bonchev–Trinajstić information content (AvgIpc) is 2.41. The van der Waals surface area contributed by atoms with Gasteiger partial charge in [-0.05, 0) is 24.8 Å². The Balaban J connectivity index is 2.38. The van der Waals surface area contributed by atoms with Gasteiger partial charge in [-0.1, -0.05) is 63.8 Å². The molecule has 0 saturated carbocycles. The van der Waals surface area contributed by atoms with E-state index in [2.05, 4.69) is 26.0 Å². The summed E-state index contributed by atoms with van der Waals surface area (Å²) in [6.07, 6.45) is 8.95. The number of hydrogen-bond donors (Lipinski definition) is 0. The van der Waals surface area contributed by atoms with Gasteiger partial charge >= 0.3 is 0 Å². The highest BCUT2D eigenvalue weighted by molar-refractivity contribution is 5.96. The highest BCUT2D eigenvalue weighted by atomic mass is 16.1. The molecule has 1 heteroatoms. The van der Waals surface area contributed by atoms with Gasteiger partial charge in [0.15, 0.2) is 5.78 Å². The standard InChI is InChI=1S/C17H26O/c1-3-5-7-8-10-17(18)16-13-11-15(12-14-16)9-6-4-2/h11-14H,3-10H2,1-2H3. The van der Waals surface area contributed by atoms with Gasteiger partial charge in [0, 0.05) is 12.0 Å². The number of rotatable bonds is 9. The normalized spacial score (nSPS) is 10.6. The fraction of sp³-hybridized carbons (Fsp3) is 0.588. The predicted molar refractivity (Wildman–Crippen MR) is 78.1 cm³/mol. The van der Waals surface area contributed by atoms with E-state index in [0.717, 1.165) is 18.4 Å². The second-order valence-corrected chi connectivity index (χ2v) is 5.03. The van der Waals surface area contributed by atoms with E-state index in [4.69, 9.17) is 0 Å². The Morgan fingerprint density at radius 2 is 1.56 bits per heavy atom. The number of carbonyl (C=O) groups excluding carboxylic acids is 1. The van der Waals surface area contributed by atoms with E-state index >= 15 is 0 Å². The van der Waals surface area contributed by atoms with Crippen molar-refractivity contribution >= 4 is 5.78 Å². The van der Waals surface area contributed by atoms with Crippen LogP contribution in [0.3, 0.4) is 0 Å². The maximum absolute atomic E-state index is 11.9. The lowest BCUT2D eigenvalue weighted by Gasteiger charge is -2.03. The number of carbonyl (C=O) groups is 1. The molecule has 0 aromatic heterocycles. The minimum Gasteiger partial charge on any atom is -0.294 e. The van der Waals surface area contributed by atoms with E-state index in [0.29, 0.717) is 12.2 Å². The molecule has 100 valence electrons. The molecule has 0 radical (unpaired) electrons. The number of Topliss-reactive ketones (excluding diaryl/α,β-unsaturated/α-hetero) is 1. The topological polar surface area (TPSA) is 17.1 Å². The number of unbranched alkanes of at least 4 members (excludes halogenated alkanes) is 4. The molecule has 0 spiro atoms. The lowest BCUT2D eigenvalue weighted by Crippen LogP contribution is -1.99. The zero-order chi connectivity index (χ0) is 13.2. The number of hydrogen-bond acceptors (Lipinski definition) is 1. The van der Waals surface area contributed by atoms with Crippen LogP contribution >= 0.6 is 0 Å².